The van der Waals surface area contributed by atoms with Crippen molar-refractivity contribution in [1.29, 1.82) is 0 Å². The number of rotatable bonds is 14. The molecule has 516 valence electrons. The van der Waals surface area contributed by atoms with Crippen molar-refractivity contribution in [3.63, 3.8) is 0 Å². The summed E-state index contributed by atoms with van der Waals surface area (Å²) in [5.41, 5.74) is 4.00. The van der Waals surface area contributed by atoms with Crippen LogP contribution in [0.15, 0.2) is 127 Å². The Morgan fingerprint density at radius 2 is 0.806 bits per heavy atom. The number of ether oxygens (including phenoxy) is 1. The van der Waals surface area contributed by atoms with E-state index < -0.39 is 102 Å². The van der Waals surface area contributed by atoms with Crippen LogP contribution in [0.4, 0.5) is 30.2 Å². The molecule has 3 aliphatic rings. The summed E-state index contributed by atoms with van der Waals surface area (Å²) in [6.07, 6.45) is 1.51. The zero-order valence-electron chi connectivity index (χ0n) is 47.6. The van der Waals surface area contributed by atoms with Gasteiger partial charge in [-0.3, -0.25) is 14.4 Å². The maximum atomic E-state index is 13.4. The number of hydrogen-bond donors (Lipinski definition) is 7. The van der Waals surface area contributed by atoms with Crippen LogP contribution in [0.2, 0.25) is 15.1 Å². The Hall–Kier alpha value is -6.44. The summed E-state index contributed by atoms with van der Waals surface area (Å²) in [4.78, 5) is 40.3. The molecule has 3 saturated heterocycles. The highest BCUT2D eigenvalue weighted by molar-refractivity contribution is 7.87. The second kappa shape index (κ2) is 36.4. The molecule has 30 heteroatoms. The number of anilines is 3. The number of carbonyl (C=O) groups excluding carboxylic acids is 3. The summed E-state index contributed by atoms with van der Waals surface area (Å²) in [6, 6.07) is 27.3. The van der Waals surface area contributed by atoms with E-state index >= 15 is 0 Å². The predicted molar refractivity (Wildman–Crippen MR) is 368 cm³/mol. The van der Waals surface area contributed by atoms with E-state index in [1.54, 1.807) is 36.4 Å². The molecular weight excluding hydrogens is 1330 g/mol. The molecule has 3 heterocycles. The summed E-state index contributed by atoms with van der Waals surface area (Å²) in [5, 5.41) is 16.8. The molecule has 7 N–H and O–H groups in total. The number of hydrogen-bond acceptors (Lipinski definition) is 12. The highest BCUT2D eigenvalue weighted by atomic mass is 35.5. The number of phenols is 1. The second-order valence-corrected chi connectivity index (χ2v) is 27.3. The van der Waals surface area contributed by atoms with Crippen LogP contribution in [0, 0.1) is 24.4 Å². The molecule has 3 fully saturated rings. The van der Waals surface area contributed by atoms with Crippen molar-refractivity contribution in [1.82, 2.24) is 32.0 Å². The molecule has 3 amide bonds. The Morgan fingerprint density at radius 3 is 1.10 bits per heavy atom. The molecule has 93 heavy (non-hydrogen) atoms. The molecule has 0 spiro atoms. The van der Waals surface area contributed by atoms with Crippen molar-refractivity contribution in [3.05, 3.63) is 182 Å². The van der Waals surface area contributed by atoms with Crippen LogP contribution in [0.25, 0.3) is 0 Å². The minimum absolute atomic E-state index is 0. The molecule has 0 saturated carbocycles. The van der Waals surface area contributed by atoms with Gasteiger partial charge >= 0.3 is 0 Å². The summed E-state index contributed by atoms with van der Waals surface area (Å²) in [5.74, 6) is -2.69. The third-order valence-corrected chi connectivity index (χ3v) is 19.9. The normalized spacial score (nSPS) is 20.3. The van der Waals surface area contributed by atoms with E-state index in [4.69, 9.17) is 39.5 Å². The Bertz CT molecular complexity index is 3640. The lowest BCUT2D eigenvalue weighted by molar-refractivity contribution is -0.120. The Balaban J connectivity index is 0.000000680. The zero-order valence-corrected chi connectivity index (χ0v) is 52.4. The van der Waals surface area contributed by atoms with Crippen LogP contribution in [-0.2, 0) is 45.0 Å². The number of aromatic hydroxyl groups is 1. The standard InChI is InChI=1S/C22H28ClFN4O4S.C18H19ClFN3O3S.C17H17ClFN3O4S.6CH4/c1-27(2)11-4-12-32-17-8-5-15(6-9-17)20-14-21(28(3)33(30,31)26-20)22(29)25-16-7-10-19(24)18(23)13-16;1-11-3-5-12(6-4-11)16-10-17(23(2)27(25,26)22-16)18(24)21-13-7-8-15(20)14(19)9-13;1-22-16(17(24)20-11-4-7-14(19)13(18)8-11)9-15(21-27(22,25)26)10-2-5-12(23)6-3-10;;;;;;/h5-10,13,20-21,26H,4,11-12,14H2,1-3H3,(H,25,29);3-9,16-17,22H,10H2,1-2H3,(H,21,24);2-8,15-16,21,23H,9H2,1H3,(H,20,24);6*1H4. The number of nitrogens with one attached hydrogen (secondary N) is 6. The molecule has 0 aliphatic carbocycles. The largest absolute Gasteiger partial charge is 0.508 e. The number of likely N-dealkylation sites (N-methyl/N-ethyl adjacent to an activating group) is 3. The number of carbonyl (C=O) groups is 3. The van der Waals surface area contributed by atoms with Gasteiger partial charge in [0, 0.05) is 62.9 Å². The van der Waals surface area contributed by atoms with Crippen LogP contribution in [0.1, 0.15) is 111 Å². The topological polar surface area (TPSA) is 268 Å². The van der Waals surface area contributed by atoms with Gasteiger partial charge in [-0.25, -0.2) is 13.2 Å². The predicted octanol–water partition coefficient (Wildman–Crippen LogP) is 12.3. The number of nitrogens with zero attached hydrogens (tertiary/aromatic N) is 4. The highest BCUT2D eigenvalue weighted by Crippen LogP contribution is 2.34. The fourth-order valence-corrected chi connectivity index (χ4v) is 13.6. The van der Waals surface area contributed by atoms with E-state index in [2.05, 4.69) is 35.0 Å². The first-order valence-corrected chi connectivity index (χ1v) is 32.1. The molecule has 0 bridgehead atoms. The monoisotopic (exact) mass is 1420 g/mol. The van der Waals surface area contributed by atoms with Crippen molar-refractivity contribution in [3.8, 4) is 11.5 Å². The molecule has 0 aromatic heterocycles. The average Bonchev–Trinajstić information content (AvgIpc) is 0.830. The SMILES string of the molecule is C.C.C.C.C.C.CN(C)CCCOc1ccc(C2CC(C(=O)Nc3ccc(F)c(Cl)c3)N(C)S(=O)(=O)N2)cc1.CN1C(C(=O)Nc2ccc(F)c(Cl)c2)CC(c2ccc(O)cc2)NS1(=O)=O.Cc1ccc(C2CC(C(=O)Nc3ccc(F)c(Cl)c3)N(C)S(=O)(=O)N2)cc1. The quantitative estimate of drug-likeness (QED) is 0.0502. The molecule has 6 aromatic carbocycles. The van der Waals surface area contributed by atoms with Crippen molar-refractivity contribution in [2.75, 3.05) is 64.3 Å². The summed E-state index contributed by atoms with van der Waals surface area (Å²) >= 11 is 17.2. The van der Waals surface area contributed by atoms with E-state index in [1.165, 1.54) is 69.7 Å². The van der Waals surface area contributed by atoms with Gasteiger partial charge < -0.3 is 30.7 Å². The molecule has 3 aliphatic heterocycles. The number of halogens is 6. The van der Waals surface area contributed by atoms with Gasteiger partial charge in [-0.05, 0) is 142 Å². The molecule has 6 unspecified atom stereocenters. The molecule has 6 aromatic rings. The number of amides is 3. The number of benzene rings is 6. The van der Waals surface area contributed by atoms with Gasteiger partial charge in [0.2, 0.25) is 17.7 Å². The van der Waals surface area contributed by atoms with Crippen molar-refractivity contribution < 1.29 is 62.7 Å². The van der Waals surface area contributed by atoms with Crippen LogP contribution in [0.5, 0.6) is 11.5 Å². The van der Waals surface area contributed by atoms with Crippen molar-refractivity contribution >= 4 is 100 Å². The average molecular weight is 1420 g/mol. The first kappa shape index (κ1) is 84.6. The zero-order chi connectivity index (χ0) is 63.7. The van der Waals surface area contributed by atoms with Crippen molar-refractivity contribution in [2.24, 2.45) is 0 Å². The molecular formula is C63H88Cl3F3N10O11S3. The van der Waals surface area contributed by atoms with Gasteiger partial charge in [0.1, 0.15) is 47.1 Å². The van der Waals surface area contributed by atoms with Crippen LogP contribution >= 0.6 is 34.8 Å². The first-order valence-electron chi connectivity index (χ1n) is 26.7. The summed E-state index contributed by atoms with van der Waals surface area (Å²) in [7, 11) is -3.64. The van der Waals surface area contributed by atoms with Crippen molar-refractivity contribution in [2.45, 2.75) is 113 Å². The third kappa shape index (κ3) is 22.6. The molecule has 9 rings (SSSR count). The number of phenolic OH excluding ortho intramolecular Hbond substituents is 1. The lowest BCUT2D eigenvalue weighted by atomic mass is 9.98. The van der Waals surface area contributed by atoms with Gasteiger partial charge in [0.25, 0.3) is 30.6 Å². The maximum absolute atomic E-state index is 13.4. The Morgan fingerprint density at radius 1 is 0.516 bits per heavy atom. The smallest absolute Gasteiger partial charge is 0.280 e. The van der Waals surface area contributed by atoms with Gasteiger partial charge in [-0.15, -0.1) is 0 Å². The maximum Gasteiger partial charge on any atom is 0.280 e. The lowest BCUT2D eigenvalue weighted by Gasteiger charge is -2.36. The van der Waals surface area contributed by atoms with Gasteiger partial charge in [0.05, 0.1) is 21.7 Å². The minimum atomic E-state index is -3.90. The van der Waals surface area contributed by atoms with E-state index in [-0.39, 0.29) is 96.0 Å². The lowest BCUT2D eigenvalue weighted by Crippen LogP contribution is -2.55. The third-order valence-electron chi connectivity index (χ3n) is 14.2. The Kier molecular flexibility index (Phi) is 33.1. The molecule has 6 atom stereocenters. The summed E-state index contributed by atoms with van der Waals surface area (Å²) in [6.45, 7) is 3.43. The highest BCUT2D eigenvalue weighted by Gasteiger charge is 2.43. The first-order chi connectivity index (χ1) is 40.9. The molecule has 21 nitrogen and oxygen atoms in total. The Labute approximate surface area is 562 Å². The molecule has 0 radical (unpaired) electrons. The van der Waals surface area contributed by atoms with E-state index in [9.17, 15) is 57.9 Å². The fourth-order valence-electron chi connectivity index (χ4n) is 9.25. The number of aryl methyl sites for hydroxylation is 1. The van der Waals surface area contributed by atoms with E-state index in [0.29, 0.717) is 23.6 Å². The van der Waals surface area contributed by atoms with Crippen LogP contribution < -0.4 is 34.9 Å². The van der Waals surface area contributed by atoms with Crippen LogP contribution in [0.3, 0.4) is 0 Å². The van der Waals surface area contributed by atoms with Gasteiger partial charge in [-0.2, -0.15) is 52.3 Å². The van der Waals surface area contributed by atoms with E-state index in [0.717, 1.165) is 60.8 Å². The second-order valence-electron chi connectivity index (χ2n) is 20.8. The minimum Gasteiger partial charge on any atom is -0.508 e. The summed E-state index contributed by atoms with van der Waals surface area (Å²) < 4.78 is 131. The fraction of sp³-hybridized carbons (Fsp3) is 0.381. The van der Waals surface area contributed by atoms with Gasteiger partial charge in [0.15, 0.2) is 0 Å². The van der Waals surface area contributed by atoms with Gasteiger partial charge in [-0.1, -0.05) is 133 Å². The van der Waals surface area contributed by atoms with E-state index in [1.807, 2.05) is 45.3 Å². The van der Waals surface area contributed by atoms with Crippen LogP contribution in [-0.4, -0.2) is 132 Å².